The standard InChI is InChI=1S/C12H19NO5/c1-12(2)17-9-7-8(16-11(9)18-12)10(14)13-3-5-15-6-4-13/h8-9,11H,3-7H2,1-2H3/t8?,9-,11-/m0/s1. The van der Waals surface area contributed by atoms with Gasteiger partial charge in [0.2, 0.25) is 0 Å². The van der Waals surface area contributed by atoms with Gasteiger partial charge in [0.1, 0.15) is 12.2 Å². The first-order valence-electron chi connectivity index (χ1n) is 6.43. The van der Waals surface area contributed by atoms with Crippen LogP contribution in [0.25, 0.3) is 0 Å². The van der Waals surface area contributed by atoms with E-state index >= 15 is 0 Å². The van der Waals surface area contributed by atoms with Gasteiger partial charge in [-0.25, -0.2) is 0 Å². The Bertz CT molecular complexity index is 323. The zero-order chi connectivity index (χ0) is 12.8. The molecule has 3 aliphatic rings. The minimum Gasteiger partial charge on any atom is -0.378 e. The number of ether oxygens (including phenoxy) is 4. The number of hydrogen-bond acceptors (Lipinski definition) is 5. The van der Waals surface area contributed by atoms with Gasteiger partial charge in [-0.2, -0.15) is 0 Å². The quantitative estimate of drug-likeness (QED) is 0.667. The Morgan fingerprint density at radius 3 is 2.61 bits per heavy atom. The van der Waals surface area contributed by atoms with Crippen molar-refractivity contribution >= 4 is 5.91 Å². The molecular formula is C12H19NO5. The van der Waals surface area contributed by atoms with Crippen molar-refractivity contribution in [1.29, 1.82) is 0 Å². The number of morpholine rings is 1. The molecule has 0 aliphatic carbocycles. The smallest absolute Gasteiger partial charge is 0.252 e. The van der Waals surface area contributed by atoms with Crippen LogP contribution >= 0.6 is 0 Å². The Kier molecular flexibility index (Phi) is 3.05. The molecule has 3 rings (SSSR count). The molecule has 0 aromatic carbocycles. The average Bonchev–Trinajstić information content (AvgIpc) is 2.82. The summed E-state index contributed by atoms with van der Waals surface area (Å²) >= 11 is 0. The lowest BCUT2D eigenvalue weighted by molar-refractivity contribution is -0.208. The van der Waals surface area contributed by atoms with Gasteiger partial charge < -0.3 is 23.8 Å². The predicted molar refractivity (Wildman–Crippen MR) is 60.7 cm³/mol. The van der Waals surface area contributed by atoms with Gasteiger partial charge in [-0.3, -0.25) is 4.79 Å². The van der Waals surface area contributed by atoms with Crippen molar-refractivity contribution in [2.75, 3.05) is 26.3 Å². The fourth-order valence-electron chi connectivity index (χ4n) is 2.65. The first kappa shape index (κ1) is 12.3. The summed E-state index contributed by atoms with van der Waals surface area (Å²) in [6.45, 7) is 6.19. The lowest BCUT2D eigenvalue weighted by Gasteiger charge is -2.29. The monoisotopic (exact) mass is 257 g/mol. The molecule has 3 aliphatic heterocycles. The van der Waals surface area contributed by atoms with Gasteiger partial charge in [-0.1, -0.05) is 0 Å². The van der Waals surface area contributed by atoms with Gasteiger partial charge >= 0.3 is 0 Å². The first-order chi connectivity index (χ1) is 8.55. The summed E-state index contributed by atoms with van der Waals surface area (Å²) in [5.41, 5.74) is 0. The highest BCUT2D eigenvalue weighted by Crippen LogP contribution is 2.37. The second-order valence-corrected chi connectivity index (χ2v) is 5.34. The lowest BCUT2D eigenvalue weighted by Crippen LogP contribution is -2.46. The minimum atomic E-state index is -0.609. The van der Waals surface area contributed by atoms with Crippen molar-refractivity contribution in [1.82, 2.24) is 4.90 Å². The second-order valence-electron chi connectivity index (χ2n) is 5.34. The van der Waals surface area contributed by atoms with E-state index in [4.69, 9.17) is 18.9 Å². The van der Waals surface area contributed by atoms with Crippen molar-refractivity contribution in [3.8, 4) is 0 Å². The Balaban J connectivity index is 1.58. The number of carbonyl (C=O) groups excluding carboxylic acids is 1. The summed E-state index contributed by atoms with van der Waals surface area (Å²) in [6, 6.07) is 0. The van der Waals surface area contributed by atoms with Gasteiger partial charge in [0.05, 0.1) is 13.2 Å². The van der Waals surface area contributed by atoms with E-state index in [0.29, 0.717) is 32.7 Å². The van der Waals surface area contributed by atoms with Crippen LogP contribution < -0.4 is 0 Å². The fraction of sp³-hybridized carbons (Fsp3) is 0.917. The average molecular weight is 257 g/mol. The van der Waals surface area contributed by atoms with Gasteiger partial charge in [0.15, 0.2) is 12.1 Å². The predicted octanol–water partition coefficient (Wildman–Crippen LogP) is 0.112. The Morgan fingerprint density at radius 2 is 1.94 bits per heavy atom. The summed E-state index contributed by atoms with van der Waals surface area (Å²) in [6.07, 6.45) is -0.399. The molecule has 3 saturated heterocycles. The minimum absolute atomic E-state index is 0.0257. The van der Waals surface area contributed by atoms with Crippen LogP contribution in [0.2, 0.25) is 0 Å². The molecule has 3 heterocycles. The van der Waals surface area contributed by atoms with E-state index in [-0.39, 0.29) is 12.0 Å². The van der Waals surface area contributed by atoms with Crippen molar-refractivity contribution < 1.29 is 23.7 Å². The number of carbonyl (C=O) groups is 1. The number of hydrogen-bond donors (Lipinski definition) is 0. The summed E-state index contributed by atoms with van der Waals surface area (Å²) in [5, 5.41) is 0. The fourth-order valence-corrected chi connectivity index (χ4v) is 2.65. The van der Waals surface area contributed by atoms with E-state index in [9.17, 15) is 4.79 Å². The zero-order valence-electron chi connectivity index (χ0n) is 10.8. The Morgan fingerprint density at radius 1 is 1.22 bits per heavy atom. The van der Waals surface area contributed by atoms with E-state index < -0.39 is 18.2 Å². The third-order valence-corrected chi connectivity index (χ3v) is 3.48. The van der Waals surface area contributed by atoms with Crippen molar-refractivity contribution in [2.24, 2.45) is 0 Å². The summed E-state index contributed by atoms with van der Waals surface area (Å²) in [5.74, 6) is -0.583. The Hall–Kier alpha value is -0.690. The van der Waals surface area contributed by atoms with Crippen LogP contribution in [0.1, 0.15) is 20.3 Å². The third-order valence-electron chi connectivity index (χ3n) is 3.48. The molecule has 102 valence electrons. The van der Waals surface area contributed by atoms with Crippen LogP contribution in [-0.4, -0.2) is 61.4 Å². The molecule has 1 amide bonds. The van der Waals surface area contributed by atoms with Gasteiger partial charge in [-0.05, 0) is 13.8 Å². The number of nitrogens with zero attached hydrogens (tertiary/aromatic N) is 1. The Labute approximate surface area is 106 Å². The van der Waals surface area contributed by atoms with Crippen molar-refractivity contribution in [3.63, 3.8) is 0 Å². The summed E-state index contributed by atoms with van der Waals surface area (Å²) in [4.78, 5) is 14.0. The maximum atomic E-state index is 12.2. The van der Waals surface area contributed by atoms with E-state index in [2.05, 4.69) is 0 Å². The molecular weight excluding hydrogens is 238 g/mol. The van der Waals surface area contributed by atoms with Gasteiger partial charge in [0.25, 0.3) is 5.91 Å². The van der Waals surface area contributed by atoms with Crippen molar-refractivity contribution in [2.45, 2.75) is 44.6 Å². The van der Waals surface area contributed by atoms with Crippen LogP contribution in [0.3, 0.4) is 0 Å². The third kappa shape index (κ3) is 2.25. The molecule has 0 aromatic rings. The zero-order valence-corrected chi connectivity index (χ0v) is 10.8. The molecule has 3 fully saturated rings. The van der Waals surface area contributed by atoms with Gasteiger partial charge in [0, 0.05) is 19.5 Å². The van der Waals surface area contributed by atoms with E-state index in [1.807, 2.05) is 13.8 Å². The van der Waals surface area contributed by atoms with E-state index in [1.165, 1.54) is 0 Å². The van der Waals surface area contributed by atoms with E-state index in [1.54, 1.807) is 4.90 Å². The lowest BCUT2D eigenvalue weighted by atomic mass is 10.2. The van der Waals surface area contributed by atoms with Crippen LogP contribution in [0.4, 0.5) is 0 Å². The van der Waals surface area contributed by atoms with Crippen molar-refractivity contribution in [3.05, 3.63) is 0 Å². The molecule has 3 atom stereocenters. The second kappa shape index (κ2) is 4.45. The van der Waals surface area contributed by atoms with E-state index in [0.717, 1.165) is 0 Å². The van der Waals surface area contributed by atoms with Crippen LogP contribution in [0.5, 0.6) is 0 Å². The summed E-state index contributed by atoms with van der Waals surface area (Å²) in [7, 11) is 0. The summed E-state index contributed by atoms with van der Waals surface area (Å²) < 4.78 is 22.2. The first-order valence-corrected chi connectivity index (χ1v) is 6.43. The highest BCUT2D eigenvalue weighted by molar-refractivity contribution is 5.81. The molecule has 1 unspecified atom stereocenters. The molecule has 0 bridgehead atoms. The molecule has 6 heteroatoms. The topological polar surface area (TPSA) is 57.2 Å². The SMILES string of the molecule is CC1(C)O[C@@H]2OC(C(=O)N3CCOCC3)C[C@@H]2O1. The number of rotatable bonds is 1. The van der Waals surface area contributed by atoms with Gasteiger partial charge in [-0.15, -0.1) is 0 Å². The molecule has 18 heavy (non-hydrogen) atoms. The molecule has 0 radical (unpaired) electrons. The largest absolute Gasteiger partial charge is 0.378 e. The molecule has 0 aromatic heterocycles. The molecule has 0 saturated carbocycles. The molecule has 6 nitrogen and oxygen atoms in total. The highest BCUT2D eigenvalue weighted by Gasteiger charge is 2.50. The maximum Gasteiger partial charge on any atom is 0.252 e. The van der Waals surface area contributed by atoms with Crippen LogP contribution in [0.15, 0.2) is 0 Å². The van der Waals surface area contributed by atoms with Crippen LogP contribution in [0, 0.1) is 0 Å². The molecule has 0 N–H and O–H groups in total. The number of amides is 1. The maximum absolute atomic E-state index is 12.2. The molecule has 0 spiro atoms. The normalized spacial score (nSPS) is 38.8. The van der Waals surface area contributed by atoms with Crippen LogP contribution in [-0.2, 0) is 23.7 Å². The highest BCUT2D eigenvalue weighted by atomic mass is 16.8. The number of fused-ring (bicyclic) bond motifs is 1.